The van der Waals surface area contributed by atoms with Crippen molar-refractivity contribution in [3.8, 4) is 23.0 Å². The number of anilines is 1. The highest BCUT2D eigenvalue weighted by Gasteiger charge is 2.25. The number of rotatable bonds is 10. The van der Waals surface area contributed by atoms with Crippen molar-refractivity contribution in [1.29, 1.82) is 0 Å². The summed E-state index contributed by atoms with van der Waals surface area (Å²) in [6.45, 7) is 7.01. The van der Waals surface area contributed by atoms with Crippen LogP contribution >= 0.6 is 0 Å². The van der Waals surface area contributed by atoms with E-state index in [1.165, 1.54) is 4.90 Å². The Morgan fingerprint density at radius 3 is 2.09 bits per heavy atom. The molecule has 7 nitrogen and oxygen atoms in total. The van der Waals surface area contributed by atoms with Gasteiger partial charge in [0, 0.05) is 11.8 Å². The maximum absolute atomic E-state index is 13.7. The maximum Gasteiger partial charge on any atom is 0.259 e. The summed E-state index contributed by atoms with van der Waals surface area (Å²) in [5.74, 6) is 0.990. The van der Waals surface area contributed by atoms with Crippen LogP contribution in [0.4, 0.5) is 5.69 Å². The quantitative estimate of drug-likeness (QED) is 0.490. The molecule has 1 heterocycles. The number of carbonyl (C=O) groups excluding carboxylic acids is 1. The molecule has 0 aliphatic rings. The van der Waals surface area contributed by atoms with Gasteiger partial charge in [-0.25, -0.2) is 0 Å². The van der Waals surface area contributed by atoms with Gasteiger partial charge in [0.05, 0.1) is 37.7 Å². The summed E-state index contributed by atoms with van der Waals surface area (Å²) in [4.78, 5) is 19.5. The number of hydrogen-bond acceptors (Lipinski definition) is 6. The summed E-state index contributed by atoms with van der Waals surface area (Å²) in [6, 6.07) is 15.5. The largest absolute Gasteiger partial charge is 0.506 e. The highest BCUT2D eigenvalue weighted by atomic mass is 16.5. The molecule has 1 aromatic heterocycles. The van der Waals surface area contributed by atoms with Crippen molar-refractivity contribution in [1.82, 2.24) is 4.98 Å². The van der Waals surface area contributed by atoms with Crippen LogP contribution in [0.2, 0.25) is 0 Å². The molecule has 0 bridgehead atoms. The van der Waals surface area contributed by atoms with Gasteiger partial charge in [-0.2, -0.15) is 0 Å². The average molecular weight is 437 g/mol. The SMILES string of the molecule is CCOc1cc(C(=O)N(Cc2ccccn2)c2ccccc2O)cc(OCC)c1OCC. The number of para-hydroxylation sites is 2. The minimum absolute atomic E-state index is 0.00205. The van der Waals surface area contributed by atoms with Crippen molar-refractivity contribution in [3.05, 3.63) is 72.1 Å². The standard InChI is InChI=1S/C25H28N2O5/c1-4-30-22-15-18(16-23(31-5-2)24(22)32-6-3)25(29)27(17-19-11-9-10-14-26-19)20-12-7-8-13-21(20)28/h7-16,28H,4-6,17H2,1-3H3. The Morgan fingerprint density at radius 1 is 0.906 bits per heavy atom. The Kier molecular flexibility index (Phi) is 7.91. The van der Waals surface area contributed by atoms with Gasteiger partial charge in [-0.05, 0) is 57.2 Å². The zero-order chi connectivity index (χ0) is 22.9. The van der Waals surface area contributed by atoms with Gasteiger partial charge in [-0.15, -0.1) is 0 Å². The molecule has 0 atom stereocenters. The summed E-state index contributed by atoms with van der Waals surface area (Å²) in [6.07, 6.45) is 1.67. The Labute approximate surface area is 188 Å². The van der Waals surface area contributed by atoms with Crippen LogP contribution in [0.3, 0.4) is 0 Å². The van der Waals surface area contributed by atoms with Crippen LogP contribution < -0.4 is 19.1 Å². The predicted octanol–water partition coefficient (Wildman–Crippen LogP) is 4.83. The molecule has 3 aromatic rings. The molecule has 0 unspecified atom stereocenters. The van der Waals surface area contributed by atoms with Crippen LogP contribution in [0.25, 0.3) is 0 Å². The molecule has 0 saturated heterocycles. The summed E-state index contributed by atoms with van der Waals surface area (Å²) < 4.78 is 17.3. The minimum atomic E-state index is -0.331. The van der Waals surface area contributed by atoms with Gasteiger partial charge in [0.2, 0.25) is 5.75 Å². The predicted molar refractivity (Wildman–Crippen MR) is 123 cm³/mol. The van der Waals surface area contributed by atoms with Gasteiger partial charge >= 0.3 is 0 Å². The fourth-order valence-electron chi connectivity index (χ4n) is 3.28. The lowest BCUT2D eigenvalue weighted by Gasteiger charge is -2.24. The summed E-state index contributed by atoms with van der Waals surface area (Å²) in [7, 11) is 0. The molecule has 168 valence electrons. The smallest absolute Gasteiger partial charge is 0.259 e. The molecule has 0 aliphatic heterocycles. The number of hydrogen-bond donors (Lipinski definition) is 1. The molecular weight excluding hydrogens is 408 g/mol. The van der Waals surface area contributed by atoms with Crippen LogP contribution in [0.5, 0.6) is 23.0 Å². The lowest BCUT2D eigenvalue weighted by Crippen LogP contribution is -2.31. The number of phenols is 1. The number of ether oxygens (including phenoxy) is 3. The fourth-order valence-corrected chi connectivity index (χ4v) is 3.28. The van der Waals surface area contributed by atoms with Gasteiger partial charge in [-0.3, -0.25) is 14.7 Å². The fraction of sp³-hybridized carbons (Fsp3) is 0.280. The molecule has 7 heteroatoms. The Bertz CT molecular complexity index is 1010. The third kappa shape index (κ3) is 5.29. The third-order valence-electron chi connectivity index (χ3n) is 4.62. The lowest BCUT2D eigenvalue weighted by atomic mass is 10.1. The molecular formula is C25H28N2O5. The highest BCUT2D eigenvalue weighted by Crippen LogP contribution is 2.40. The first-order chi connectivity index (χ1) is 15.6. The molecule has 0 spiro atoms. The molecule has 0 aliphatic carbocycles. The Hall–Kier alpha value is -3.74. The van der Waals surface area contributed by atoms with E-state index in [2.05, 4.69) is 4.98 Å². The minimum Gasteiger partial charge on any atom is -0.506 e. The van der Waals surface area contributed by atoms with Crippen molar-refractivity contribution in [3.63, 3.8) is 0 Å². The third-order valence-corrected chi connectivity index (χ3v) is 4.62. The Morgan fingerprint density at radius 2 is 1.53 bits per heavy atom. The van der Waals surface area contributed by atoms with Crippen molar-refractivity contribution >= 4 is 11.6 Å². The monoisotopic (exact) mass is 436 g/mol. The highest BCUT2D eigenvalue weighted by molar-refractivity contribution is 6.07. The van der Waals surface area contributed by atoms with E-state index in [4.69, 9.17) is 14.2 Å². The molecule has 32 heavy (non-hydrogen) atoms. The molecule has 0 radical (unpaired) electrons. The molecule has 3 rings (SSSR count). The number of benzene rings is 2. The zero-order valence-corrected chi connectivity index (χ0v) is 18.6. The maximum atomic E-state index is 13.7. The van der Waals surface area contributed by atoms with Gasteiger partial charge < -0.3 is 19.3 Å². The summed E-state index contributed by atoms with van der Waals surface area (Å²) in [5.41, 5.74) is 1.41. The number of aromatic hydroxyl groups is 1. The van der Waals surface area contributed by atoms with Crippen molar-refractivity contribution in [2.75, 3.05) is 24.7 Å². The molecule has 0 saturated carbocycles. The van der Waals surface area contributed by atoms with E-state index in [-0.39, 0.29) is 18.2 Å². The van der Waals surface area contributed by atoms with E-state index in [9.17, 15) is 9.90 Å². The van der Waals surface area contributed by atoms with Crippen LogP contribution in [-0.4, -0.2) is 35.8 Å². The second kappa shape index (κ2) is 11.0. The Balaban J connectivity index is 2.09. The van der Waals surface area contributed by atoms with E-state index in [1.807, 2.05) is 39.0 Å². The van der Waals surface area contributed by atoms with E-state index < -0.39 is 0 Å². The number of nitrogens with zero attached hydrogens (tertiary/aromatic N) is 2. The number of phenolic OH excluding ortho intramolecular Hbond substituents is 1. The van der Waals surface area contributed by atoms with E-state index in [0.717, 1.165) is 0 Å². The molecule has 2 aromatic carbocycles. The second-order valence-corrected chi connectivity index (χ2v) is 6.80. The van der Waals surface area contributed by atoms with E-state index in [0.29, 0.717) is 54.0 Å². The number of pyridine rings is 1. The van der Waals surface area contributed by atoms with Gasteiger partial charge in [0.15, 0.2) is 11.5 Å². The summed E-state index contributed by atoms with van der Waals surface area (Å²) in [5, 5.41) is 10.5. The topological polar surface area (TPSA) is 81.1 Å². The number of carbonyl (C=O) groups is 1. The average Bonchev–Trinajstić information content (AvgIpc) is 2.80. The number of aromatic nitrogens is 1. The van der Waals surface area contributed by atoms with E-state index in [1.54, 1.807) is 42.6 Å². The van der Waals surface area contributed by atoms with Gasteiger partial charge in [-0.1, -0.05) is 18.2 Å². The normalized spacial score (nSPS) is 10.5. The lowest BCUT2D eigenvalue weighted by molar-refractivity contribution is 0.0983. The van der Waals surface area contributed by atoms with Gasteiger partial charge in [0.1, 0.15) is 5.75 Å². The van der Waals surface area contributed by atoms with Crippen LogP contribution in [0, 0.1) is 0 Å². The summed E-state index contributed by atoms with van der Waals surface area (Å²) >= 11 is 0. The molecule has 1 amide bonds. The first-order valence-corrected chi connectivity index (χ1v) is 10.6. The molecule has 0 fully saturated rings. The first-order valence-electron chi connectivity index (χ1n) is 10.6. The van der Waals surface area contributed by atoms with Crippen molar-refractivity contribution in [2.24, 2.45) is 0 Å². The van der Waals surface area contributed by atoms with Crippen molar-refractivity contribution in [2.45, 2.75) is 27.3 Å². The van der Waals surface area contributed by atoms with Crippen LogP contribution in [0.15, 0.2) is 60.8 Å². The van der Waals surface area contributed by atoms with Crippen molar-refractivity contribution < 1.29 is 24.1 Å². The van der Waals surface area contributed by atoms with E-state index >= 15 is 0 Å². The zero-order valence-electron chi connectivity index (χ0n) is 18.6. The second-order valence-electron chi connectivity index (χ2n) is 6.80. The molecule has 1 N–H and O–H groups in total. The van der Waals surface area contributed by atoms with Crippen LogP contribution in [0.1, 0.15) is 36.8 Å². The first kappa shape index (κ1) is 22.9. The number of amides is 1. The van der Waals surface area contributed by atoms with Gasteiger partial charge in [0.25, 0.3) is 5.91 Å². The van der Waals surface area contributed by atoms with Crippen LogP contribution in [-0.2, 0) is 6.54 Å².